The highest BCUT2D eigenvalue weighted by atomic mass is 32.2. The Hall–Kier alpha value is -0.550. The molecule has 0 aromatic carbocycles. The molecule has 0 radical (unpaired) electrons. The lowest BCUT2D eigenvalue weighted by Gasteiger charge is -2.33. The summed E-state index contributed by atoms with van der Waals surface area (Å²) < 4.78 is 5.54. The summed E-state index contributed by atoms with van der Waals surface area (Å²) in [5.74, 6) is 4.39. The van der Waals surface area contributed by atoms with Crippen LogP contribution in [0.25, 0.3) is 0 Å². The van der Waals surface area contributed by atoms with E-state index in [1.807, 2.05) is 11.8 Å². The van der Waals surface area contributed by atoms with E-state index in [4.69, 9.17) is 4.52 Å². The van der Waals surface area contributed by atoms with Crippen molar-refractivity contribution in [3.05, 3.63) is 11.7 Å². The highest BCUT2D eigenvalue weighted by molar-refractivity contribution is 7.98. The van der Waals surface area contributed by atoms with Crippen molar-refractivity contribution < 1.29 is 4.52 Å². The van der Waals surface area contributed by atoms with Crippen molar-refractivity contribution in [2.45, 2.75) is 51.2 Å². The van der Waals surface area contributed by atoms with Crippen molar-refractivity contribution in [1.82, 2.24) is 15.5 Å². The van der Waals surface area contributed by atoms with Gasteiger partial charge < -0.3 is 9.84 Å². The number of nitrogens with zero attached hydrogens (tertiary/aromatic N) is 2. The van der Waals surface area contributed by atoms with Crippen LogP contribution in [0.4, 0.5) is 0 Å². The van der Waals surface area contributed by atoms with Crippen LogP contribution < -0.4 is 5.32 Å². The molecule has 1 saturated heterocycles. The molecule has 0 bridgehead atoms. The Morgan fingerprint density at radius 3 is 2.95 bits per heavy atom. The molecule has 2 rings (SSSR count). The normalized spacial score (nSPS) is 24.0. The van der Waals surface area contributed by atoms with Crippen molar-refractivity contribution in [2.75, 3.05) is 18.8 Å². The first-order chi connectivity index (χ1) is 9.16. The SMILES string of the molecule is CCC1(c2nc(CSCC(C)C)no2)CCCNC1. The fourth-order valence-corrected chi connectivity index (χ4v) is 3.41. The van der Waals surface area contributed by atoms with Gasteiger partial charge in [-0.05, 0) is 37.5 Å². The van der Waals surface area contributed by atoms with Gasteiger partial charge in [0.25, 0.3) is 0 Å². The lowest BCUT2D eigenvalue weighted by atomic mass is 9.78. The predicted molar refractivity (Wildman–Crippen MR) is 79.4 cm³/mol. The van der Waals surface area contributed by atoms with Gasteiger partial charge in [-0.1, -0.05) is 25.9 Å². The molecule has 1 fully saturated rings. The van der Waals surface area contributed by atoms with Crippen molar-refractivity contribution in [1.29, 1.82) is 0 Å². The Morgan fingerprint density at radius 2 is 2.32 bits per heavy atom. The lowest BCUT2D eigenvalue weighted by molar-refractivity contribution is 0.220. The molecule has 19 heavy (non-hydrogen) atoms. The maximum atomic E-state index is 5.54. The standard InChI is InChI=1S/C14H25N3OS/c1-4-14(6-5-7-15-10-14)13-16-12(17-18-13)9-19-8-11(2)3/h11,15H,4-10H2,1-3H3. The average Bonchev–Trinajstić information content (AvgIpc) is 2.88. The van der Waals surface area contributed by atoms with E-state index in [1.54, 1.807) is 0 Å². The quantitative estimate of drug-likeness (QED) is 0.870. The summed E-state index contributed by atoms with van der Waals surface area (Å²) in [6.45, 7) is 8.74. The van der Waals surface area contributed by atoms with Crippen LogP contribution in [0.1, 0.15) is 51.7 Å². The van der Waals surface area contributed by atoms with E-state index < -0.39 is 0 Å². The van der Waals surface area contributed by atoms with Crippen molar-refractivity contribution in [2.24, 2.45) is 5.92 Å². The summed E-state index contributed by atoms with van der Waals surface area (Å²) in [6.07, 6.45) is 3.39. The molecular formula is C14H25N3OS. The molecule has 1 aliphatic rings. The Balaban J connectivity index is 1.98. The van der Waals surface area contributed by atoms with Gasteiger partial charge in [0.15, 0.2) is 5.82 Å². The third kappa shape index (κ3) is 3.72. The molecule has 1 aromatic heterocycles. The second-order valence-electron chi connectivity index (χ2n) is 5.84. The summed E-state index contributed by atoms with van der Waals surface area (Å²) in [6, 6.07) is 0. The Bertz CT molecular complexity index is 386. The van der Waals surface area contributed by atoms with Gasteiger partial charge in [0.2, 0.25) is 5.89 Å². The first-order valence-corrected chi connectivity index (χ1v) is 8.43. The molecule has 1 aromatic rings. The van der Waals surface area contributed by atoms with E-state index in [0.717, 1.165) is 49.2 Å². The van der Waals surface area contributed by atoms with Crippen LogP contribution in [0.15, 0.2) is 4.52 Å². The fourth-order valence-electron chi connectivity index (χ4n) is 2.52. The van der Waals surface area contributed by atoms with Crippen LogP contribution in [-0.4, -0.2) is 29.0 Å². The molecule has 5 heteroatoms. The minimum atomic E-state index is 0.0617. The zero-order valence-corrected chi connectivity index (χ0v) is 13.1. The van der Waals surface area contributed by atoms with Gasteiger partial charge in [-0.2, -0.15) is 16.7 Å². The number of piperidine rings is 1. The minimum Gasteiger partial charge on any atom is -0.339 e. The molecule has 4 nitrogen and oxygen atoms in total. The van der Waals surface area contributed by atoms with Gasteiger partial charge in [0.05, 0.1) is 11.2 Å². The number of rotatable bonds is 6. The topological polar surface area (TPSA) is 51.0 Å². The largest absolute Gasteiger partial charge is 0.339 e. The average molecular weight is 283 g/mol. The first kappa shape index (κ1) is 14.9. The minimum absolute atomic E-state index is 0.0617. The van der Waals surface area contributed by atoms with E-state index in [1.165, 1.54) is 6.42 Å². The maximum absolute atomic E-state index is 5.54. The molecule has 0 aliphatic carbocycles. The number of hydrogen-bond acceptors (Lipinski definition) is 5. The van der Waals surface area contributed by atoms with Crippen LogP contribution in [0.3, 0.4) is 0 Å². The molecule has 1 N–H and O–H groups in total. The zero-order valence-electron chi connectivity index (χ0n) is 12.2. The molecular weight excluding hydrogens is 258 g/mol. The molecule has 2 heterocycles. The Morgan fingerprint density at radius 1 is 1.47 bits per heavy atom. The summed E-state index contributed by atoms with van der Waals surface area (Å²) >= 11 is 1.88. The van der Waals surface area contributed by atoms with Crippen molar-refractivity contribution >= 4 is 11.8 Å². The summed E-state index contributed by atoms with van der Waals surface area (Å²) in [7, 11) is 0. The number of hydrogen-bond donors (Lipinski definition) is 1. The molecule has 0 saturated carbocycles. The number of nitrogens with one attached hydrogen (secondary N) is 1. The summed E-state index contributed by atoms with van der Waals surface area (Å²) in [5, 5.41) is 7.61. The van der Waals surface area contributed by atoms with E-state index in [9.17, 15) is 0 Å². The van der Waals surface area contributed by atoms with Gasteiger partial charge in [-0.15, -0.1) is 0 Å². The van der Waals surface area contributed by atoms with E-state index in [2.05, 4.69) is 36.2 Å². The van der Waals surface area contributed by atoms with Crippen molar-refractivity contribution in [3.63, 3.8) is 0 Å². The van der Waals surface area contributed by atoms with Crippen LogP contribution >= 0.6 is 11.8 Å². The fraction of sp³-hybridized carbons (Fsp3) is 0.857. The number of thioether (sulfide) groups is 1. The van der Waals surface area contributed by atoms with Gasteiger partial charge in [-0.25, -0.2) is 0 Å². The smallest absolute Gasteiger partial charge is 0.234 e. The third-order valence-electron chi connectivity index (χ3n) is 3.75. The summed E-state index contributed by atoms with van der Waals surface area (Å²) in [4.78, 5) is 4.64. The molecule has 108 valence electrons. The molecule has 0 spiro atoms. The van der Waals surface area contributed by atoms with Crippen LogP contribution in [0, 0.1) is 5.92 Å². The maximum Gasteiger partial charge on any atom is 0.234 e. The van der Waals surface area contributed by atoms with Crippen LogP contribution in [0.2, 0.25) is 0 Å². The van der Waals surface area contributed by atoms with Crippen LogP contribution in [-0.2, 0) is 11.2 Å². The van der Waals surface area contributed by atoms with Gasteiger partial charge in [0, 0.05) is 6.54 Å². The van der Waals surface area contributed by atoms with Crippen molar-refractivity contribution in [3.8, 4) is 0 Å². The lowest BCUT2D eigenvalue weighted by Crippen LogP contribution is -2.43. The van der Waals surface area contributed by atoms with Gasteiger partial charge >= 0.3 is 0 Å². The predicted octanol–water partition coefficient (Wildman–Crippen LogP) is 2.99. The second-order valence-corrected chi connectivity index (χ2v) is 6.87. The highest BCUT2D eigenvalue weighted by Crippen LogP contribution is 2.33. The number of aromatic nitrogens is 2. The Labute approximate surface area is 120 Å². The first-order valence-electron chi connectivity index (χ1n) is 7.28. The van der Waals surface area contributed by atoms with Gasteiger partial charge in [-0.3, -0.25) is 0 Å². The molecule has 1 aliphatic heterocycles. The third-order valence-corrected chi connectivity index (χ3v) is 5.12. The van der Waals surface area contributed by atoms with Gasteiger partial charge in [0.1, 0.15) is 0 Å². The molecule has 0 amide bonds. The molecule has 1 atom stereocenters. The van der Waals surface area contributed by atoms with E-state index in [-0.39, 0.29) is 5.41 Å². The zero-order chi connectivity index (χ0) is 13.7. The van der Waals surface area contributed by atoms with E-state index >= 15 is 0 Å². The molecule has 1 unspecified atom stereocenters. The second kappa shape index (κ2) is 6.75. The van der Waals surface area contributed by atoms with Crippen LogP contribution in [0.5, 0.6) is 0 Å². The monoisotopic (exact) mass is 283 g/mol. The van der Waals surface area contributed by atoms with E-state index in [0.29, 0.717) is 5.92 Å². The Kier molecular flexibility index (Phi) is 5.28. The highest BCUT2D eigenvalue weighted by Gasteiger charge is 2.37. The summed E-state index contributed by atoms with van der Waals surface area (Å²) in [5.41, 5.74) is 0.0617.